The van der Waals surface area contributed by atoms with Crippen molar-refractivity contribution in [1.29, 1.82) is 0 Å². The minimum Gasteiger partial charge on any atom is -0.511 e. The maximum absolute atomic E-state index is 14.3. The standard InChI is InChI=1S/C28H34O8/c1-7-9-11-13-15(29)17-19-23(3)22(32)18(16(30)14-12-10-8-2)20-24(4,21(17)31)28(34)25(19,5)35-27(23,33)26(20,6)36-28/h7-11,13,19-20,29,32-34H,12,14H2,1-6H3/b9-7+,10-8+,13-11+,17-15-/t19?,20-,23-,24-,25+,26+,27-,28-/m1/s1. The molecule has 2 saturated carbocycles. The summed E-state index contributed by atoms with van der Waals surface area (Å²) in [7, 11) is 0. The highest BCUT2D eigenvalue weighted by atomic mass is 16.8. The fourth-order valence-corrected chi connectivity index (χ4v) is 8.16. The van der Waals surface area contributed by atoms with Gasteiger partial charge in [0.25, 0.3) is 0 Å². The van der Waals surface area contributed by atoms with Crippen molar-refractivity contribution in [1.82, 2.24) is 0 Å². The van der Waals surface area contributed by atoms with Gasteiger partial charge in [-0.25, -0.2) is 0 Å². The van der Waals surface area contributed by atoms with Crippen LogP contribution in [0.25, 0.3) is 0 Å². The molecule has 4 fully saturated rings. The Hall–Kier alpha value is -2.52. The zero-order chi connectivity index (χ0) is 26.7. The predicted octanol–water partition coefficient (Wildman–Crippen LogP) is 3.48. The van der Waals surface area contributed by atoms with Crippen molar-refractivity contribution in [2.75, 3.05) is 0 Å². The van der Waals surface area contributed by atoms with E-state index >= 15 is 0 Å². The van der Waals surface area contributed by atoms with Crippen LogP contribution in [0.2, 0.25) is 0 Å². The molecular weight excluding hydrogens is 464 g/mol. The van der Waals surface area contributed by atoms with Crippen LogP contribution in [0.3, 0.4) is 0 Å². The molecule has 0 aromatic rings. The molecule has 8 atom stereocenters. The molecule has 3 aliphatic carbocycles. The molecule has 0 amide bonds. The number of hydrogen-bond donors (Lipinski definition) is 4. The Kier molecular flexibility index (Phi) is 4.94. The van der Waals surface area contributed by atoms with Gasteiger partial charge in [-0.3, -0.25) is 9.59 Å². The summed E-state index contributed by atoms with van der Waals surface area (Å²) in [6, 6.07) is 0. The summed E-state index contributed by atoms with van der Waals surface area (Å²) >= 11 is 0. The van der Waals surface area contributed by atoms with Crippen LogP contribution in [-0.2, 0) is 19.1 Å². The van der Waals surface area contributed by atoms with Gasteiger partial charge in [-0.2, -0.15) is 0 Å². The van der Waals surface area contributed by atoms with E-state index in [4.69, 9.17) is 9.47 Å². The molecule has 0 aromatic carbocycles. The first-order valence-corrected chi connectivity index (χ1v) is 12.4. The lowest BCUT2D eigenvalue weighted by Gasteiger charge is -2.58. The van der Waals surface area contributed by atoms with Crippen LogP contribution in [-0.4, -0.2) is 54.8 Å². The van der Waals surface area contributed by atoms with Gasteiger partial charge >= 0.3 is 0 Å². The van der Waals surface area contributed by atoms with Crippen LogP contribution in [0, 0.1) is 22.7 Å². The van der Waals surface area contributed by atoms with E-state index in [-0.39, 0.29) is 29.1 Å². The van der Waals surface area contributed by atoms with Gasteiger partial charge in [-0.1, -0.05) is 30.4 Å². The van der Waals surface area contributed by atoms with E-state index in [0.717, 1.165) is 0 Å². The Morgan fingerprint density at radius 2 is 1.53 bits per heavy atom. The number of hydrogen-bond acceptors (Lipinski definition) is 8. The van der Waals surface area contributed by atoms with Crippen LogP contribution < -0.4 is 0 Å². The summed E-state index contributed by atoms with van der Waals surface area (Å²) in [5, 5.41) is 47.4. The van der Waals surface area contributed by atoms with Crippen LogP contribution in [0.1, 0.15) is 54.4 Å². The van der Waals surface area contributed by atoms with Crippen molar-refractivity contribution >= 4 is 11.6 Å². The molecule has 2 heterocycles. The van der Waals surface area contributed by atoms with E-state index in [9.17, 15) is 30.0 Å². The zero-order valence-electron chi connectivity index (χ0n) is 21.5. The lowest BCUT2D eigenvalue weighted by molar-refractivity contribution is -0.451. The smallest absolute Gasteiger partial charge is 0.210 e. The fourth-order valence-electron chi connectivity index (χ4n) is 8.16. The first-order chi connectivity index (χ1) is 16.7. The molecular formula is C28H34O8. The molecule has 5 aliphatic rings. The number of carbonyl (C=O) groups is 2. The topological polar surface area (TPSA) is 134 Å². The number of aliphatic hydroxyl groups is 4. The number of rotatable bonds is 6. The second-order valence-electron chi connectivity index (χ2n) is 11.3. The maximum Gasteiger partial charge on any atom is 0.210 e. The van der Waals surface area contributed by atoms with Crippen molar-refractivity contribution in [2.24, 2.45) is 22.7 Å². The van der Waals surface area contributed by atoms with Gasteiger partial charge in [-0.15, -0.1) is 0 Å². The van der Waals surface area contributed by atoms with Crippen LogP contribution in [0.4, 0.5) is 0 Å². The molecule has 36 heavy (non-hydrogen) atoms. The van der Waals surface area contributed by atoms with Crippen LogP contribution in [0.15, 0.2) is 59.1 Å². The SMILES string of the molecule is C/C=C/C=C/C(O)=C1/C(=O)[C@@]2(C)[C@H]3C(C(=O)CC/C=C/C)=C(O)[C@@]4(C)C1[C@]1(C)O[C@@]4(O)[C@@]3(C)O[C@@]12O. The second-order valence-corrected chi connectivity index (χ2v) is 11.3. The molecule has 0 spiro atoms. The molecule has 8 nitrogen and oxygen atoms in total. The number of allylic oxidation sites excluding steroid dienone is 6. The number of ketones is 2. The Labute approximate surface area is 210 Å². The van der Waals surface area contributed by atoms with Gasteiger partial charge in [-0.05, 0) is 54.0 Å². The minimum atomic E-state index is -2.24. The Morgan fingerprint density at radius 3 is 2.11 bits per heavy atom. The summed E-state index contributed by atoms with van der Waals surface area (Å²) in [5.74, 6) is -8.64. The molecule has 8 heteroatoms. The maximum atomic E-state index is 14.3. The summed E-state index contributed by atoms with van der Waals surface area (Å²) in [4.78, 5) is 28.0. The molecule has 5 rings (SSSR count). The van der Waals surface area contributed by atoms with E-state index < -0.39 is 57.0 Å². The molecule has 194 valence electrons. The summed E-state index contributed by atoms with van der Waals surface area (Å²) in [6.45, 7) is 9.66. The van der Waals surface area contributed by atoms with E-state index in [2.05, 4.69) is 0 Å². The molecule has 2 aliphatic heterocycles. The van der Waals surface area contributed by atoms with Crippen molar-refractivity contribution in [3.63, 3.8) is 0 Å². The van der Waals surface area contributed by atoms with E-state index in [1.807, 2.05) is 19.1 Å². The summed E-state index contributed by atoms with van der Waals surface area (Å²) in [6.07, 6.45) is 10.5. The molecule has 2 saturated heterocycles. The van der Waals surface area contributed by atoms with Crippen LogP contribution in [0.5, 0.6) is 0 Å². The number of carbonyl (C=O) groups excluding carboxylic acids is 2. The van der Waals surface area contributed by atoms with Gasteiger partial charge in [0.1, 0.15) is 22.7 Å². The Bertz CT molecular complexity index is 1240. The third-order valence-electron chi connectivity index (χ3n) is 9.68. The Balaban J connectivity index is 1.89. The van der Waals surface area contributed by atoms with E-state index in [1.54, 1.807) is 25.2 Å². The molecule has 0 aromatic heterocycles. The van der Waals surface area contributed by atoms with Gasteiger partial charge in [0, 0.05) is 29.4 Å². The summed E-state index contributed by atoms with van der Waals surface area (Å²) in [5.41, 5.74) is -7.18. The molecule has 8 bridgehead atoms. The van der Waals surface area contributed by atoms with E-state index in [1.165, 1.54) is 33.8 Å². The fraction of sp³-hybridized carbons (Fsp3) is 0.571. The number of ether oxygens (including phenoxy) is 2. The minimum absolute atomic E-state index is 0.0264. The quantitative estimate of drug-likeness (QED) is 0.189. The largest absolute Gasteiger partial charge is 0.511 e. The third-order valence-corrected chi connectivity index (χ3v) is 9.68. The van der Waals surface area contributed by atoms with E-state index in [0.29, 0.717) is 6.42 Å². The highest BCUT2D eigenvalue weighted by Crippen LogP contribution is 2.84. The lowest BCUT2D eigenvalue weighted by atomic mass is 9.40. The average Bonchev–Trinajstić information content (AvgIpc) is 3.12. The first-order valence-electron chi connectivity index (χ1n) is 12.4. The zero-order valence-corrected chi connectivity index (χ0v) is 21.5. The van der Waals surface area contributed by atoms with Gasteiger partial charge in [0.15, 0.2) is 11.6 Å². The van der Waals surface area contributed by atoms with Gasteiger partial charge in [0.2, 0.25) is 11.6 Å². The highest BCUT2D eigenvalue weighted by molar-refractivity contribution is 6.08. The average molecular weight is 499 g/mol. The molecule has 0 radical (unpaired) electrons. The van der Waals surface area contributed by atoms with Crippen molar-refractivity contribution in [2.45, 2.75) is 77.2 Å². The normalized spacial score (nSPS) is 50.1. The first kappa shape index (κ1) is 25.1. The second kappa shape index (κ2) is 7.07. The Morgan fingerprint density at radius 1 is 0.944 bits per heavy atom. The summed E-state index contributed by atoms with van der Waals surface area (Å²) < 4.78 is 12.5. The highest BCUT2D eigenvalue weighted by Gasteiger charge is 2.98. The number of Topliss-reactive ketones (excluding diaryl/α,β-unsaturated/α-hetero) is 2. The van der Waals surface area contributed by atoms with Crippen molar-refractivity contribution < 1.29 is 39.5 Å². The van der Waals surface area contributed by atoms with Crippen molar-refractivity contribution in [3.8, 4) is 0 Å². The monoisotopic (exact) mass is 498 g/mol. The lowest BCUT2D eigenvalue weighted by Crippen LogP contribution is -2.72. The van der Waals surface area contributed by atoms with Crippen molar-refractivity contribution in [3.05, 3.63) is 59.1 Å². The third kappa shape index (κ3) is 2.19. The predicted molar refractivity (Wildman–Crippen MR) is 129 cm³/mol. The van der Waals surface area contributed by atoms with Gasteiger partial charge < -0.3 is 29.9 Å². The number of aliphatic hydroxyl groups excluding tert-OH is 2. The molecule has 4 N–H and O–H groups in total. The van der Waals surface area contributed by atoms with Crippen LogP contribution >= 0.6 is 0 Å². The molecule has 1 unspecified atom stereocenters. The van der Waals surface area contributed by atoms with Gasteiger partial charge in [0.05, 0.1) is 10.8 Å².